The van der Waals surface area contributed by atoms with Gasteiger partial charge in [-0.2, -0.15) is 13.2 Å². The van der Waals surface area contributed by atoms with Gasteiger partial charge in [-0.3, -0.25) is 4.79 Å². The summed E-state index contributed by atoms with van der Waals surface area (Å²) in [5.74, 6) is 0.0230. The summed E-state index contributed by atoms with van der Waals surface area (Å²) in [6.45, 7) is 2.26. The number of ether oxygens (including phenoxy) is 1. The average Bonchev–Trinajstić information content (AvgIpc) is 2.53. The van der Waals surface area contributed by atoms with Crippen LogP contribution in [0.1, 0.15) is 13.3 Å². The van der Waals surface area contributed by atoms with E-state index in [0.29, 0.717) is 38.9 Å². The maximum absolute atomic E-state index is 12.7. The van der Waals surface area contributed by atoms with Crippen molar-refractivity contribution in [2.24, 2.45) is 0 Å². The van der Waals surface area contributed by atoms with E-state index in [1.807, 2.05) is 29.2 Å². The molecule has 1 atom stereocenters. The lowest BCUT2D eigenvalue weighted by Crippen LogP contribution is -2.52. The molecule has 0 unspecified atom stereocenters. The van der Waals surface area contributed by atoms with Gasteiger partial charge in [0.2, 0.25) is 5.91 Å². The number of piperazine rings is 1. The fourth-order valence-corrected chi connectivity index (χ4v) is 2.53. The topological polar surface area (TPSA) is 53.0 Å². The standard InChI is InChI=1S/C16H21F3N2O3/c1-15(23,16(17,18)19)11-14(22)21-8-6-20(7-9-21)12-4-3-5-13(10-12)24-2/h3-5,10,23H,6-9,11H2,1-2H3/t15-/m1/s1. The van der Waals surface area contributed by atoms with E-state index in [4.69, 9.17) is 4.74 Å². The summed E-state index contributed by atoms with van der Waals surface area (Å²) in [6, 6.07) is 7.45. The molecule has 0 aromatic heterocycles. The number of benzene rings is 1. The van der Waals surface area contributed by atoms with E-state index in [0.717, 1.165) is 5.69 Å². The van der Waals surface area contributed by atoms with Crippen LogP contribution >= 0.6 is 0 Å². The lowest BCUT2D eigenvalue weighted by atomic mass is 10.0. The number of methoxy groups -OCH3 is 1. The minimum atomic E-state index is -4.83. The molecule has 0 bridgehead atoms. The van der Waals surface area contributed by atoms with Crippen LogP contribution in [0.15, 0.2) is 24.3 Å². The van der Waals surface area contributed by atoms with Crippen molar-refractivity contribution in [3.05, 3.63) is 24.3 Å². The van der Waals surface area contributed by atoms with Crippen molar-refractivity contribution in [2.45, 2.75) is 25.1 Å². The van der Waals surface area contributed by atoms with Crippen LogP contribution < -0.4 is 9.64 Å². The first-order valence-electron chi connectivity index (χ1n) is 7.60. The van der Waals surface area contributed by atoms with Crippen molar-refractivity contribution in [3.63, 3.8) is 0 Å². The summed E-state index contributed by atoms with van der Waals surface area (Å²) in [6.07, 6.45) is -5.79. The second kappa shape index (κ2) is 6.88. The largest absolute Gasteiger partial charge is 0.497 e. The maximum Gasteiger partial charge on any atom is 0.417 e. The minimum absolute atomic E-state index is 0.310. The number of rotatable bonds is 4. The lowest BCUT2D eigenvalue weighted by molar-refractivity contribution is -0.254. The highest BCUT2D eigenvalue weighted by atomic mass is 19.4. The van der Waals surface area contributed by atoms with E-state index >= 15 is 0 Å². The fourth-order valence-electron chi connectivity index (χ4n) is 2.53. The van der Waals surface area contributed by atoms with Gasteiger partial charge in [0.15, 0.2) is 5.60 Å². The monoisotopic (exact) mass is 346 g/mol. The number of alkyl halides is 3. The second-order valence-electron chi connectivity index (χ2n) is 6.02. The van der Waals surface area contributed by atoms with Gasteiger partial charge in [0.1, 0.15) is 5.75 Å². The quantitative estimate of drug-likeness (QED) is 0.907. The van der Waals surface area contributed by atoms with Gasteiger partial charge < -0.3 is 19.6 Å². The first-order chi connectivity index (χ1) is 11.1. The zero-order valence-corrected chi connectivity index (χ0v) is 13.6. The lowest BCUT2D eigenvalue weighted by Gasteiger charge is -2.37. The Kier molecular flexibility index (Phi) is 5.27. The molecule has 1 heterocycles. The molecule has 1 amide bonds. The third kappa shape index (κ3) is 4.11. The molecule has 24 heavy (non-hydrogen) atoms. The Morgan fingerprint density at radius 3 is 2.42 bits per heavy atom. The molecule has 1 aliphatic heterocycles. The van der Waals surface area contributed by atoms with E-state index in [-0.39, 0.29) is 0 Å². The molecule has 0 aliphatic carbocycles. The Morgan fingerprint density at radius 1 is 1.25 bits per heavy atom. The van der Waals surface area contributed by atoms with Crippen LogP contribution in [-0.2, 0) is 4.79 Å². The smallest absolute Gasteiger partial charge is 0.417 e. The first-order valence-corrected chi connectivity index (χ1v) is 7.60. The Labute approximate surface area is 138 Å². The molecule has 0 spiro atoms. The predicted molar refractivity (Wildman–Crippen MR) is 83.1 cm³/mol. The van der Waals surface area contributed by atoms with Crippen LogP contribution in [0.5, 0.6) is 5.75 Å². The van der Waals surface area contributed by atoms with Crippen molar-refractivity contribution in [2.75, 3.05) is 38.2 Å². The van der Waals surface area contributed by atoms with Crippen LogP contribution in [0, 0.1) is 0 Å². The molecule has 1 aromatic carbocycles. The van der Waals surface area contributed by atoms with Gasteiger partial charge in [0, 0.05) is 37.9 Å². The number of carbonyl (C=O) groups excluding carboxylic acids is 1. The van der Waals surface area contributed by atoms with Crippen LogP contribution in [0.25, 0.3) is 0 Å². The molecule has 1 N–H and O–H groups in total. The average molecular weight is 346 g/mol. The molecule has 1 saturated heterocycles. The molecule has 1 aliphatic rings. The Morgan fingerprint density at radius 2 is 1.88 bits per heavy atom. The molecule has 5 nitrogen and oxygen atoms in total. The van der Waals surface area contributed by atoms with Crippen LogP contribution in [0.2, 0.25) is 0 Å². The highest BCUT2D eigenvalue weighted by Gasteiger charge is 2.51. The summed E-state index contributed by atoms with van der Waals surface area (Å²) in [5, 5.41) is 9.44. The van der Waals surface area contributed by atoms with Crippen LogP contribution in [-0.4, -0.2) is 61.0 Å². The van der Waals surface area contributed by atoms with Gasteiger partial charge in [-0.05, 0) is 19.1 Å². The molecule has 1 aromatic rings. The molecule has 8 heteroatoms. The molecule has 134 valence electrons. The second-order valence-corrected chi connectivity index (χ2v) is 6.02. The van der Waals surface area contributed by atoms with Crippen LogP contribution in [0.4, 0.5) is 18.9 Å². The summed E-state index contributed by atoms with van der Waals surface area (Å²) >= 11 is 0. The molecular weight excluding hydrogens is 325 g/mol. The van der Waals surface area contributed by atoms with Gasteiger partial charge >= 0.3 is 6.18 Å². The van der Waals surface area contributed by atoms with Crippen molar-refractivity contribution in [3.8, 4) is 5.75 Å². The molecule has 2 rings (SSSR count). The van der Waals surface area contributed by atoms with E-state index < -0.39 is 24.1 Å². The summed E-state index contributed by atoms with van der Waals surface area (Å²) in [5.41, 5.74) is -2.07. The normalized spacial score (nSPS) is 18.2. The van der Waals surface area contributed by atoms with E-state index in [1.54, 1.807) is 7.11 Å². The van der Waals surface area contributed by atoms with Crippen molar-refractivity contribution in [1.29, 1.82) is 0 Å². The van der Waals surface area contributed by atoms with Gasteiger partial charge in [-0.25, -0.2) is 0 Å². The van der Waals surface area contributed by atoms with Gasteiger partial charge in [0.25, 0.3) is 0 Å². The van der Waals surface area contributed by atoms with Crippen LogP contribution in [0.3, 0.4) is 0 Å². The van der Waals surface area contributed by atoms with E-state index in [2.05, 4.69) is 0 Å². The number of anilines is 1. The van der Waals surface area contributed by atoms with Gasteiger partial charge in [-0.15, -0.1) is 0 Å². The summed E-state index contributed by atoms with van der Waals surface area (Å²) in [7, 11) is 1.57. The fraction of sp³-hybridized carbons (Fsp3) is 0.562. The van der Waals surface area contributed by atoms with Gasteiger partial charge in [0.05, 0.1) is 13.5 Å². The number of aliphatic hydroxyl groups is 1. The Hall–Kier alpha value is -1.96. The summed E-state index contributed by atoms with van der Waals surface area (Å²) < 4.78 is 43.2. The minimum Gasteiger partial charge on any atom is -0.497 e. The first kappa shape index (κ1) is 18.4. The number of hydrogen-bond acceptors (Lipinski definition) is 4. The summed E-state index contributed by atoms with van der Waals surface area (Å²) in [4.78, 5) is 15.4. The zero-order valence-electron chi connectivity index (χ0n) is 13.6. The molecular formula is C16H21F3N2O3. The number of amides is 1. The third-order valence-corrected chi connectivity index (χ3v) is 4.16. The Bertz CT molecular complexity index is 582. The highest BCUT2D eigenvalue weighted by Crippen LogP contribution is 2.33. The van der Waals surface area contributed by atoms with Crippen molar-refractivity contribution in [1.82, 2.24) is 4.90 Å². The number of hydrogen-bond donors (Lipinski definition) is 1. The third-order valence-electron chi connectivity index (χ3n) is 4.16. The predicted octanol–water partition coefficient (Wildman–Crippen LogP) is 2.05. The van der Waals surface area contributed by atoms with Crippen molar-refractivity contribution >= 4 is 11.6 Å². The SMILES string of the molecule is COc1cccc(N2CCN(C(=O)C[C@@](C)(O)C(F)(F)F)CC2)c1. The van der Waals surface area contributed by atoms with Gasteiger partial charge in [-0.1, -0.05) is 6.07 Å². The van der Waals surface area contributed by atoms with E-state index in [1.165, 1.54) is 4.90 Å². The molecule has 1 fully saturated rings. The molecule has 0 radical (unpaired) electrons. The maximum atomic E-state index is 12.7. The number of carbonyl (C=O) groups is 1. The number of nitrogens with zero attached hydrogens (tertiary/aromatic N) is 2. The van der Waals surface area contributed by atoms with E-state index in [9.17, 15) is 23.1 Å². The zero-order chi connectivity index (χ0) is 18.0. The highest BCUT2D eigenvalue weighted by molar-refractivity contribution is 5.77. The van der Waals surface area contributed by atoms with Crippen molar-refractivity contribution < 1.29 is 27.8 Å². The number of halogens is 3. The Balaban J connectivity index is 1.93. The molecule has 0 saturated carbocycles.